The number of ether oxygens (including phenoxy) is 2. The first-order valence-corrected chi connectivity index (χ1v) is 7.40. The third kappa shape index (κ3) is 4.20. The third-order valence-corrected chi connectivity index (χ3v) is 4.32. The molecule has 0 heterocycles. The molecule has 2 unspecified atom stereocenters. The van der Waals surface area contributed by atoms with Gasteiger partial charge in [-0.3, -0.25) is 0 Å². The van der Waals surface area contributed by atoms with Gasteiger partial charge in [0.2, 0.25) is 0 Å². The number of rotatable bonds is 7. The van der Waals surface area contributed by atoms with Crippen molar-refractivity contribution in [2.45, 2.75) is 45.3 Å². The Kier molecular flexibility index (Phi) is 6.30. The molecule has 0 amide bonds. The fourth-order valence-corrected chi connectivity index (χ4v) is 2.43. The molecule has 108 valence electrons. The van der Waals surface area contributed by atoms with E-state index in [1.807, 2.05) is 39.0 Å². The summed E-state index contributed by atoms with van der Waals surface area (Å²) in [5.41, 5.74) is 0.503. The first kappa shape index (κ1) is 16.5. The van der Waals surface area contributed by atoms with Crippen LogP contribution in [0.1, 0.15) is 32.8 Å². The van der Waals surface area contributed by atoms with Crippen LogP contribution in [0.15, 0.2) is 22.7 Å². The number of hydrogen-bond donors (Lipinski definition) is 1. The first-order chi connectivity index (χ1) is 8.96. The quantitative estimate of drug-likeness (QED) is 0.830. The summed E-state index contributed by atoms with van der Waals surface area (Å²) in [7, 11) is 1.64. The van der Waals surface area contributed by atoms with Gasteiger partial charge in [-0.15, -0.1) is 0 Å². The largest absolute Gasteiger partial charge is 0.497 e. The minimum atomic E-state index is -0.555. The van der Waals surface area contributed by atoms with E-state index in [2.05, 4.69) is 15.9 Å². The zero-order valence-electron chi connectivity index (χ0n) is 12.1. The average molecular weight is 331 g/mol. The van der Waals surface area contributed by atoms with Crippen molar-refractivity contribution in [1.29, 1.82) is 0 Å². The predicted octanol–water partition coefficient (Wildman–Crippen LogP) is 3.57. The molecule has 0 spiro atoms. The van der Waals surface area contributed by atoms with Gasteiger partial charge in [-0.05, 0) is 44.0 Å². The molecule has 0 aliphatic rings. The smallest absolute Gasteiger partial charge is 0.119 e. The second-order valence-corrected chi connectivity index (χ2v) is 5.63. The van der Waals surface area contributed by atoms with Gasteiger partial charge in [0, 0.05) is 17.5 Å². The lowest BCUT2D eigenvalue weighted by molar-refractivity contribution is -0.110. The molecule has 0 bridgehead atoms. The fraction of sp³-hybridized carbons (Fsp3) is 0.600. The molecule has 0 saturated carbocycles. The number of aliphatic hydroxyl groups excluding tert-OH is 1. The molecule has 0 aliphatic heterocycles. The highest BCUT2D eigenvalue weighted by Gasteiger charge is 2.32. The SMILES string of the molecule is CCOC(C)(CC)C(O)Cc1cc(OC)ccc1Br. The van der Waals surface area contributed by atoms with Crippen molar-refractivity contribution in [3.8, 4) is 5.75 Å². The van der Waals surface area contributed by atoms with E-state index in [1.165, 1.54) is 0 Å². The lowest BCUT2D eigenvalue weighted by Crippen LogP contribution is -2.43. The Balaban J connectivity index is 2.88. The summed E-state index contributed by atoms with van der Waals surface area (Å²) >= 11 is 3.51. The van der Waals surface area contributed by atoms with E-state index < -0.39 is 11.7 Å². The molecule has 19 heavy (non-hydrogen) atoms. The molecule has 0 aromatic heterocycles. The number of methoxy groups -OCH3 is 1. The Hall–Kier alpha value is -0.580. The van der Waals surface area contributed by atoms with Crippen molar-refractivity contribution in [3.63, 3.8) is 0 Å². The molecule has 4 heteroatoms. The van der Waals surface area contributed by atoms with Gasteiger partial charge in [0.25, 0.3) is 0 Å². The Labute approximate surface area is 124 Å². The van der Waals surface area contributed by atoms with Crippen LogP contribution in [-0.2, 0) is 11.2 Å². The number of benzene rings is 1. The molecular formula is C15H23BrO3. The van der Waals surface area contributed by atoms with E-state index in [0.717, 1.165) is 22.2 Å². The summed E-state index contributed by atoms with van der Waals surface area (Å²) in [6, 6.07) is 5.77. The number of halogens is 1. The zero-order chi connectivity index (χ0) is 14.5. The van der Waals surface area contributed by atoms with Gasteiger partial charge in [0.15, 0.2) is 0 Å². The minimum absolute atomic E-state index is 0.517. The highest BCUT2D eigenvalue weighted by molar-refractivity contribution is 9.10. The van der Waals surface area contributed by atoms with Gasteiger partial charge in [-0.1, -0.05) is 22.9 Å². The Morgan fingerprint density at radius 2 is 2.05 bits per heavy atom. The molecule has 0 aliphatic carbocycles. The molecular weight excluding hydrogens is 308 g/mol. The molecule has 0 saturated heterocycles. The van der Waals surface area contributed by atoms with Crippen LogP contribution in [0.4, 0.5) is 0 Å². The van der Waals surface area contributed by atoms with Crippen molar-refractivity contribution < 1.29 is 14.6 Å². The van der Waals surface area contributed by atoms with E-state index in [4.69, 9.17) is 9.47 Å². The number of aliphatic hydroxyl groups is 1. The molecule has 0 radical (unpaired) electrons. The number of hydrogen-bond acceptors (Lipinski definition) is 3. The van der Waals surface area contributed by atoms with Gasteiger partial charge in [-0.25, -0.2) is 0 Å². The van der Waals surface area contributed by atoms with Crippen molar-refractivity contribution >= 4 is 15.9 Å². The Morgan fingerprint density at radius 3 is 2.58 bits per heavy atom. The Bertz CT molecular complexity index is 408. The topological polar surface area (TPSA) is 38.7 Å². The van der Waals surface area contributed by atoms with Crippen LogP contribution < -0.4 is 4.74 Å². The van der Waals surface area contributed by atoms with Crippen molar-refractivity contribution in [1.82, 2.24) is 0 Å². The van der Waals surface area contributed by atoms with Crippen LogP contribution >= 0.6 is 15.9 Å². The second kappa shape index (κ2) is 7.27. The fourth-order valence-electron chi connectivity index (χ4n) is 2.02. The van der Waals surface area contributed by atoms with Gasteiger partial charge >= 0.3 is 0 Å². The molecule has 1 rings (SSSR count). The van der Waals surface area contributed by atoms with E-state index >= 15 is 0 Å². The van der Waals surface area contributed by atoms with Crippen molar-refractivity contribution in [2.24, 2.45) is 0 Å². The van der Waals surface area contributed by atoms with Crippen molar-refractivity contribution in [3.05, 3.63) is 28.2 Å². The zero-order valence-corrected chi connectivity index (χ0v) is 13.7. The summed E-state index contributed by atoms with van der Waals surface area (Å²) in [6.07, 6.45) is 0.743. The van der Waals surface area contributed by atoms with Crippen LogP contribution in [0.25, 0.3) is 0 Å². The predicted molar refractivity (Wildman–Crippen MR) is 80.7 cm³/mol. The maximum Gasteiger partial charge on any atom is 0.119 e. The van der Waals surface area contributed by atoms with Crippen LogP contribution in [0.5, 0.6) is 5.75 Å². The summed E-state index contributed by atoms with van der Waals surface area (Å²) in [5.74, 6) is 0.792. The summed E-state index contributed by atoms with van der Waals surface area (Å²) in [4.78, 5) is 0. The molecule has 1 N–H and O–H groups in total. The highest BCUT2D eigenvalue weighted by atomic mass is 79.9. The van der Waals surface area contributed by atoms with Crippen LogP contribution in [0, 0.1) is 0 Å². The molecule has 0 fully saturated rings. The van der Waals surface area contributed by atoms with Crippen LogP contribution in [0.3, 0.4) is 0 Å². The normalized spacial score (nSPS) is 15.9. The first-order valence-electron chi connectivity index (χ1n) is 6.61. The third-order valence-electron chi connectivity index (χ3n) is 3.55. The van der Waals surface area contributed by atoms with Gasteiger partial charge < -0.3 is 14.6 Å². The van der Waals surface area contributed by atoms with Gasteiger partial charge in [0.1, 0.15) is 5.75 Å². The standard InChI is InChI=1S/C15H23BrO3/c1-5-15(3,19-6-2)14(17)10-11-9-12(18-4)7-8-13(11)16/h7-9,14,17H,5-6,10H2,1-4H3. The maximum atomic E-state index is 10.5. The van der Waals surface area contributed by atoms with E-state index in [-0.39, 0.29) is 0 Å². The Morgan fingerprint density at radius 1 is 1.37 bits per heavy atom. The monoisotopic (exact) mass is 330 g/mol. The summed E-state index contributed by atoms with van der Waals surface area (Å²) < 4.78 is 11.9. The van der Waals surface area contributed by atoms with Crippen LogP contribution in [-0.4, -0.2) is 30.5 Å². The maximum absolute atomic E-state index is 10.5. The second-order valence-electron chi connectivity index (χ2n) is 4.78. The molecule has 1 aromatic carbocycles. The van der Waals surface area contributed by atoms with Gasteiger partial charge in [0.05, 0.1) is 18.8 Å². The molecule has 3 nitrogen and oxygen atoms in total. The average Bonchev–Trinajstić information content (AvgIpc) is 2.41. The van der Waals surface area contributed by atoms with Gasteiger partial charge in [-0.2, -0.15) is 0 Å². The lowest BCUT2D eigenvalue weighted by atomic mass is 9.90. The van der Waals surface area contributed by atoms with Crippen molar-refractivity contribution in [2.75, 3.05) is 13.7 Å². The van der Waals surface area contributed by atoms with Crippen LogP contribution in [0.2, 0.25) is 0 Å². The minimum Gasteiger partial charge on any atom is -0.497 e. The molecule has 1 aromatic rings. The van der Waals surface area contributed by atoms with E-state index in [1.54, 1.807) is 7.11 Å². The molecule has 2 atom stereocenters. The summed E-state index contributed by atoms with van der Waals surface area (Å²) in [5, 5.41) is 10.5. The van der Waals surface area contributed by atoms with E-state index in [0.29, 0.717) is 13.0 Å². The summed E-state index contributed by atoms with van der Waals surface area (Å²) in [6.45, 7) is 6.53. The highest BCUT2D eigenvalue weighted by Crippen LogP contribution is 2.28. The lowest BCUT2D eigenvalue weighted by Gasteiger charge is -2.33. The van der Waals surface area contributed by atoms with E-state index in [9.17, 15) is 5.11 Å².